The average Bonchev–Trinajstić information content (AvgIpc) is 2.78. The summed E-state index contributed by atoms with van der Waals surface area (Å²) in [6, 6.07) is 5.16. The summed E-state index contributed by atoms with van der Waals surface area (Å²) in [4.78, 5) is 10.9. The second kappa shape index (κ2) is 5.39. The number of carboxylic acid groups (broad SMARTS) is 1. The third-order valence-corrected chi connectivity index (χ3v) is 3.83. The van der Waals surface area contributed by atoms with Crippen LogP contribution in [-0.2, 0) is 0 Å². The van der Waals surface area contributed by atoms with Crippen molar-refractivity contribution in [1.82, 2.24) is 15.0 Å². The van der Waals surface area contributed by atoms with Crippen LogP contribution >= 0.6 is 11.8 Å². The summed E-state index contributed by atoms with van der Waals surface area (Å²) < 4.78 is 1.85. The van der Waals surface area contributed by atoms with Gasteiger partial charge in [0.15, 0.2) is 0 Å². The van der Waals surface area contributed by atoms with E-state index in [0.29, 0.717) is 5.52 Å². The van der Waals surface area contributed by atoms with Gasteiger partial charge >= 0.3 is 5.97 Å². The normalized spacial score (nSPS) is 12.8. The molecular weight excluding hydrogens is 250 g/mol. The molecule has 0 saturated carbocycles. The number of carboxylic acids is 1. The highest BCUT2D eigenvalue weighted by Crippen LogP contribution is 2.20. The molecule has 0 aliphatic heterocycles. The number of nitrogens with zero attached hydrogens (tertiary/aromatic N) is 3. The van der Waals surface area contributed by atoms with Crippen molar-refractivity contribution in [2.24, 2.45) is 0 Å². The van der Waals surface area contributed by atoms with Crippen molar-refractivity contribution in [3.63, 3.8) is 0 Å². The van der Waals surface area contributed by atoms with Crippen LogP contribution in [0, 0.1) is 0 Å². The highest BCUT2D eigenvalue weighted by atomic mass is 32.2. The van der Waals surface area contributed by atoms with Crippen LogP contribution in [0.3, 0.4) is 0 Å². The topological polar surface area (TPSA) is 68.0 Å². The third kappa shape index (κ3) is 2.48. The highest BCUT2D eigenvalue weighted by molar-refractivity contribution is 7.99. The predicted octanol–water partition coefficient (Wildman–Crippen LogP) is 2.44. The van der Waals surface area contributed by atoms with E-state index in [1.807, 2.05) is 16.4 Å². The number of rotatable bonds is 5. The smallest absolute Gasteiger partial charge is 0.335 e. The Labute approximate surface area is 109 Å². The number of benzene rings is 1. The minimum Gasteiger partial charge on any atom is -0.478 e. The fraction of sp³-hybridized carbons (Fsp3) is 0.417. The number of hydrogen-bond acceptors (Lipinski definition) is 4. The van der Waals surface area contributed by atoms with Crippen LogP contribution in [0.5, 0.6) is 0 Å². The predicted molar refractivity (Wildman–Crippen MR) is 72.2 cm³/mol. The molecule has 0 radical (unpaired) electrons. The van der Waals surface area contributed by atoms with E-state index >= 15 is 0 Å². The molecule has 18 heavy (non-hydrogen) atoms. The van der Waals surface area contributed by atoms with Crippen molar-refractivity contribution in [2.75, 3.05) is 11.5 Å². The van der Waals surface area contributed by atoms with Gasteiger partial charge in [0.2, 0.25) is 0 Å². The van der Waals surface area contributed by atoms with Crippen molar-refractivity contribution in [1.29, 1.82) is 0 Å². The van der Waals surface area contributed by atoms with E-state index in [0.717, 1.165) is 17.0 Å². The molecule has 0 aliphatic rings. The van der Waals surface area contributed by atoms with E-state index in [1.165, 1.54) is 0 Å². The van der Waals surface area contributed by atoms with E-state index < -0.39 is 5.97 Å². The Morgan fingerprint density at radius 2 is 2.33 bits per heavy atom. The largest absolute Gasteiger partial charge is 0.478 e. The lowest BCUT2D eigenvalue weighted by atomic mass is 10.2. The SMILES string of the molecule is CCSCC(C)n1nnc2cc(C(=O)O)ccc21. The van der Waals surface area contributed by atoms with Gasteiger partial charge in [-0.15, -0.1) is 5.10 Å². The summed E-state index contributed by atoms with van der Waals surface area (Å²) in [7, 11) is 0. The number of thioether (sulfide) groups is 1. The van der Waals surface area contributed by atoms with Gasteiger partial charge in [-0.3, -0.25) is 0 Å². The second-order valence-corrected chi connectivity index (χ2v) is 5.37. The van der Waals surface area contributed by atoms with Gasteiger partial charge in [-0.2, -0.15) is 11.8 Å². The maximum absolute atomic E-state index is 10.9. The number of aromatic carboxylic acids is 1. The minimum atomic E-state index is -0.943. The van der Waals surface area contributed by atoms with Gasteiger partial charge in [0.05, 0.1) is 17.1 Å². The zero-order valence-electron chi connectivity index (χ0n) is 10.3. The molecule has 1 unspecified atom stereocenters. The summed E-state index contributed by atoms with van der Waals surface area (Å²) in [5, 5.41) is 17.1. The van der Waals surface area contributed by atoms with Gasteiger partial charge in [0.25, 0.3) is 0 Å². The molecule has 2 rings (SSSR count). The summed E-state index contributed by atoms with van der Waals surface area (Å²) in [6.07, 6.45) is 0. The molecular formula is C12H15N3O2S. The monoisotopic (exact) mass is 265 g/mol. The van der Waals surface area contributed by atoms with Crippen LogP contribution in [0.1, 0.15) is 30.2 Å². The first-order chi connectivity index (χ1) is 8.63. The van der Waals surface area contributed by atoms with Gasteiger partial charge in [-0.25, -0.2) is 9.48 Å². The molecule has 0 saturated heterocycles. The molecule has 0 fully saturated rings. The Kier molecular flexibility index (Phi) is 3.86. The fourth-order valence-corrected chi connectivity index (χ4v) is 2.48. The minimum absolute atomic E-state index is 0.241. The lowest BCUT2D eigenvalue weighted by molar-refractivity contribution is 0.0697. The maximum atomic E-state index is 10.9. The molecule has 0 bridgehead atoms. The Hall–Kier alpha value is -1.56. The summed E-state index contributed by atoms with van der Waals surface area (Å²) >= 11 is 1.85. The Balaban J connectivity index is 2.33. The number of aromatic nitrogens is 3. The maximum Gasteiger partial charge on any atom is 0.335 e. The lowest BCUT2D eigenvalue weighted by Gasteiger charge is -2.11. The first-order valence-corrected chi connectivity index (χ1v) is 6.95. The van der Waals surface area contributed by atoms with Crippen LogP contribution in [0.25, 0.3) is 11.0 Å². The van der Waals surface area contributed by atoms with Crippen LogP contribution in [0.2, 0.25) is 0 Å². The van der Waals surface area contributed by atoms with Crippen LogP contribution in [0.15, 0.2) is 18.2 Å². The Morgan fingerprint density at radius 1 is 1.56 bits per heavy atom. The molecule has 2 aromatic rings. The molecule has 1 N–H and O–H groups in total. The zero-order valence-corrected chi connectivity index (χ0v) is 11.1. The molecule has 5 nitrogen and oxygen atoms in total. The summed E-state index contributed by atoms with van der Waals surface area (Å²) in [5.74, 6) is 1.09. The summed E-state index contributed by atoms with van der Waals surface area (Å²) in [6.45, 7) is 4.21. The van der Waals surface area contributed by atoms with Crippen LogP contribution < -0.4 is 0 Å². The Bertz CT molecular complexity index is 567. The van der Waals surface area contributed by atoms with E-state index in [1.54, 1.807) is 18.2 Å². The van der Waals surface area contributed by atoms with Crippen molar-refractivity contribution in [3.8, 4) is 0 Å². The number of hydrogen-bond donors (Lipinski definition) is 1. The first-order valence-electron chi connectivity index (χ1n) is 5.79. The van der Waals surface area contributed by atoms with Crippen molar-refractivity contribution in [3.05, 3.63) is 23.8 Å². The zero-order chi connectivity index (χ0) is 13.1. The van der Waals surface area contributed by atoms with Crippen LogP contribution in [0.4, 0.5) is 0 Å². The van der Waals surface area contributed by atoms with E-state index in [-0.39, 0.29) is 11.6 Å². The second-order valence-electron chi connectivity index (χ2n) is 4.05. The van der Waals surface area contributed by atoms with Crippen molar-refractivity contribution >= 4 is 28.8 Å². The van der Waals surface area contributed by atoms with Crippen molar-refractivity contribution in [2.45, 2.75) is 19.9 Å². The van der Waals surface area contributed by atoms with Gasteiger partial charge in [0, 0.05) is 5.75 Å². The molecule has 1 heterocycles. The lowest BCUT2D eigenvalue weighted by Crippen LogP contribution is -2.09. The van der Waals surface area contributed by atoms with Gasteiger partial charge in [0.1, 0.15) is 5.52 Å². The molecule has 0 amide bonds. The summed E-state index contributed by atoms with van der Waals surface area (Å²) in [5.41, 5.74) is 1.75. The highest BCUT2D eigenvalue weighted by Gasteiger charge is 2.12. The standard InChI is InChI=1S/C12H15N3O2S/c1-3-18-7-8(2)15-11-5-4-9(12(16)17)6-10(11)13-14-15/h4-6,8H,3,7H2,1-2H3,(H,16,17). The van der Waals surface area contributed by atoms with Gasteiger partial charge in [-0.05, 0) is 30.9 Å². The third-order valence-electron chi connectivity index (χ3n) is 2.70. The molecule has 1 atom stereocenters. The number of fused-ring (bicyclic) bond motifs is 1. The quantitative estimate of drug-likeness (QED) is 0.899. The van der Waals surface area contributed by atoms with Crippen LogP contribution in [-0.4, -0.2) is 37.6 Å². The van der Waals surface area contributed by atoms with E-state index in [4.69, 9.17) is 5.11 Å². The first kappa shape index (κ1) is 12.9. The van der Waals surface area contributed by atoms with E-state index in [2.05, 4.69) is 24.2 Å². The van der Waals surface area contributed by atoms with Gasteiger partial charge in [-0.1, -0.05) is 12.1 Å². The van der Waals surface area contributed by atoms with E-state index in [9.17, 15) is 4.79 Å². The van der Waals surface area contributed by atoms with Gasteiger partial charge < -0.3 is 5.11 Å². The molecule has 1 aromatic carbocycles. The Morgan fingerprint density at radius 3 is 3.00 bits per heavy atom. The number of carbonyl (C=O) groups is 1. The molecule has 96 valence electrons. The molecule has 0 aliphatic carbocycles. The molecule has 0 spiro atoms. The average molecular weight is 265 g/mol. The van der Waals surface area contributed by atoms with Crippen molar-refractivity contribution < 1.29 is 9.90 Å². The fourth-order valence-electron chi connectivity index (χ4n) is 1.76. The molecule has 6 heteroatoms. The molecule has 1 aromatic heterocycles.